The summed E-state index contributed by atoms with van der Waals surface area (Å²) in [6.45, 7) is 13.2. The van der Waals surface area contributed by atoms with Crippen LogP contribution in [0.4, 0.5) is 5.82 Å². The van der Waals surface area contributed by atoms with E-state index in [1.807, 2.05) is 31.3 Å². The molecule has 1 aliphatic heterocycles. The molecule has 11 heteroatoms. The lowest BCUT2D eigenvalue weighted by atomic mass is 10.1. The van der Waals surface area contributed by atoms with Crippen LogP contribution < -0.4 is 9.64 Å². The summed E-state index contributed by atoms with van der Waals surface area (Å²) < 4.78 is 14.8. The van der Waals surface area contributed by atoms with E-state index >= 15 is 0 Å². The third-order valence-electron chi connectivity index (χ3n) is 8.68. The molecular weight excluding hydrogens is 597 g/mol. The first-order valence-electron chi connectivity index (χ1n) is 15.0. The highest BCUT2D eigenvalue weighted by Gasteiger charge is 2.40. The van der Waals surface area contributed by atoms with Gasteiger partial charge in [0.1, 0.15) is 11.8 Å². The molecule has 0 fully saturated rings. The molecule has 6 rings (SSSR count). The highest BCUT2D eigenvalue weighted by atomic mass is 28.4. The molecule has 0 bridgehead atoms. The molecule has 5 aromatic rings. The van der Waals surface area contributed by atoms with E-state index in [0.29, 0.717) is 45.6 Å². The Balaban J connectivity index is 1.43. The van der Waals surface area contributed by atoms with Crippen LogP contribution >= 0.6 is 0 Å². The van der Waals surface area contributed by atoms with E-state index in [9.17, 15) is 14.9 Å². The van der Waals surface area contributed by atoms with Crippen LogP contribution in [0.5, 0.6) is 5.75 Å². The number of nitriles is 1. The number of hydrogen-bond acceptors (Lipinski definition) is 8. The third kappa shape index (κ3) is 5.57. The lowest BCUT2D eigenvalue weighted by Gasteiger charge is -2.36. The van der Waals surface area contributed by atoms with Crippen LogP contribution in [0.25, 0.3) is 16.6 Å². The first-order chi connectivity index (χ1) is 21.9. The fourth-order valence-electron chi connectivity index (χ4n) is 5.06. The normalized spacial score (nSPS) is 14.0. The molecule has 0 aliphatic carbocycles. The molecule has 232 valence electrons. The average molecular weight is 631 g/mol. The number of ether oxygens (including phenoxy) is 1. The number of carbonyl (C=O) groups is 2. The van der Waals surface area contributed by atoms with Crippen molar-refractivity contribution in [3.8, 4) is 17.5 Å². The van der Waals surface area contributed by atoms with Gasteiger partial charge in [0.25, 0.3) is 11.8 Å². The van der Waals surface area contributed by atoms with Gasteiger partial charge in [-0.15, -0.1) is 0 Å². The molecule has 0 spiro atoms. The molecule has 2 amide bonds. The van der Waals surface area contributed by atoms with Crippen LogP contribution in [0, 0.1) is 11.3 Å². The number of rotatable bonds is 8. The van der Waals surface area contributed by atoms with Gasteiger partial charge in [-0.1, -0.05) is 32.9 Å². The van der Waals surface area contributed by atoms with E-state index in [-0.39, 0.29) is 16.6 Å². The van der Waals surface area contributed by atoms with Gasteiger partial charge in [0.15, 0.2) is 19.9 Å². The predicted molar refractivity (Wildman–Crippen MR) is 176 cm³/mol. The lowest BCUT2D eigenvalue weighted by molar-refractivity contribution is 0.0922. The maximum absolute atomic E-state index is 13.6. The minimum absolute atomic E-state index is 0.0379. The zero-order valence-electron chi connectivity index (χ0n) is 26.6. The molecule has 4 heterocycles. The van der Waals surface area contributed by atoms with Crippen LogP contribution in [-0.2, 0) is 11.0 Å². The number of amides is 2. The lowest BCUT2D eigenvalue weighted by Crippen LogP contribution is -2.40. The molecule has 1 atom stereocenters. The highest BCUT2D eigenvalue weighted by molar-refractivity contribution is 6.74. The minimum atomic E-state index is -2.05. The number of pyridine rings is 2. The molecule has 0 radical (unpaired) electrons. The molecule has 3 aromatic heterocycles. The second-order valence-electron chi connectivity index (χ2n) is 12.8. The molecule has 0 N–H and O–H groups in total. The second-order valence-corrected chi connectivity index (χ2v) is 17.6. The number of anilines is 1. The number of carbonyl (C=O) groups excluding carboxylic acids is 2. The molecule has 0 unspecified atom stereocenters. The zero-order valence-corrected chi connectivity index (χ0v) is 27.6. The Hall–Kier alpha value is -5.18. The van der Waals surface area contributed by atoms with Crippen molar-refractivity contribution in [2.45, 2.75) is 58.5 Å². The number of aromatic nitrogens is 4. The van der Waals surface area contributed by atoms with Crippen molar-refractivity contribution in [2.75, 3.05) is 4.90 Å². The molecule has 0 saturated carbocycles. The summed E-state index contributed by atoms with van der Waals surface area (Å²) in [6, 6.07) is 21.2. The molecule has 10 nitrogen and oxygen atoms in total. The topological polar surface area (TPSA) is 123 Å². The van der Waals surface area contributed by atoms with E-state index in [4.69, 9.17) is 19.1 Å². The van der Waals surface area contributed by atoms with Crippen LogP contribution in [0.15, 0.2) is 79.1 Å². The fourth-order valence-corrected chi connectivity index (χ4v) is 6.00. The van der Waals surface area contributed by atoms with E-state index < -0.39 is 26.2 Å². The van der Waals surface area contributed by atoms with Crippen LogP contribution in [0.2, 0.25) is 18.1 Å². The van der Waals surface area contributed by atoms with Gasteiger partial charge in [-0.3, -0.25) is 9.59 Å². The Bertz CT molecular complexity index is 1990. The Morgan fingerprint density at radius 3 is 2.30 bits per heavy atom. The average Bonchev–Trinajstić information content (AvgIpc) is 3.66. The molecule has 0 saturated heterocycles. The smallest absolute Gasteiger partial charge is 0.267 e. The Kier molecular flexibility index (Phi) is 7.80. The molecular formula is C35H34N6O4Si. The second kappa shape index (κ2) is 11.6. The van der Waals surface area contributed by atoms with Gasteiger partial charge in [0.2, 0.25) is 0 Å². The SMILES string of the molecule is C[C@H](Oc1cc2cc(C#N)ccc2nc1N1C(=O)c2ccccc2C1=O)c1nc(CO[Si](C)(C)C(C)(C)C)ccc1-n1cccn1. The maximum atomic E-state index is 13.6. The maximum Gasteiger partial charge on any atom is 0.267 e. The van der Waals surface area contributed by atoms with Gasteiger partial charge in [0, 0.05) is 17.8 Å². The Morgan fingerprint density at radius 2 is 1.67 bits per heavy atom. The van der Waals surface area contributed by atoms with Crippen molar-refractivity contribution >= 4 is 36.9 Å². The summed E-state index contributed by atoms with van der Waals surface area (Å²) in [6.07, 6.45) is 2.83. The van der Waals surface area contributed by atoms with E-state index in [0.717, 1.165) is 10.6 Å². The van der Waals surface area contributed by atoms with Gasteiger partial charge in [-0.2, -0.15) is 10.4 Å². The van der Waals surface area contributed by atoms with Crippen molar-refractivity contribution in [1.82, 2.24) is 19.7 Å². The van der Waals surface area contributed by atoms with Crippen LogP contribution in [-0.4, -0.2) is 39.9 Å². The van der Waals surface area contributed by atoms with Gasteiger partial charge < -0.3 is 9.16 Å². The third-order valence-corrected chi connectivity index (χ3v) is 13.2. The van der Waals surface area contributed by atoms with Crippen molar-refractivity contribution in [2.24, 2.45) is 0 Å². The Morgan fingerprint density at radius 1 is 0.957 bits per heavy atom. The largest absolute Gasteiger partial charge is 0.480 e. The Labute approximate surface area is 268 Å². The quantitative estimate of drug-likeness (QED) is 0.131. The molecule has 1 aliphatic rings. The number of nitrogens with zero attached hydrogens (tertiary/aromatic N) is 6. The number of benzene rings is 2. The molecule has 2 aromatic carbocycles. The first kappa shape index (κ1) is 30.8. The zero-order chi connectivity index (χ0) is 32.8. The fraction of sp³-hybridized carbons (Fsp3) is 0.257. The van der Waals surface area contributed by atoms with Crippen LogP contribution in [0.3, 0.4) is 0 Å². The minimum Gasteiger partial charge on any atom is -0.480 e. The standard InChI is InChI=1S/C35H34N6O4Si/c1-22(31-29(40-17-9-16-37-40)15-13-25(38-31)21-44-46(5,6)35(2,3)4)45-30-19-24-18-23(20-36)12-14-28(24)39-32(30)41-33(42)26-10-7-8-11-27(26)34(41)43/h7-19,22H,21H2,1-6H3/t22-/m0/s1. The number of imide groups is 1. The summed E-state index contributed by atoms with van der Waals surface area (Å²) in [5.74, 6) is -0.716. The first-order valence-corrected chi connectivity index (χ1v) is 17.9. The number of fused-ring (bicyclic) bond motifs is 2. The van der Waals surface area contributed by atoms with Gasteiger partial charge >= 0.3 is 0 Å². The van der Waals surface area contributed by atoms with Gasteiger partial charge in [-0.05, 0) is 79.7 Å². The highest BCUT2D eigenvalue weighted by Crippen LogP contribution is 2.39. The van der Waals surface area contributed by atoms with Crippen molar-refractivity contribution in [1.29, 1.82) is 5.26 Å². The summed E-state index contributed by atoms with van der Waals surface area (Å²) in [7, 11) is -2.05. The van der Waals surface area contributed by atoms with Crippen molar-refractivity contribution < 1.29 is 18.8 Å². The molecule has 46 heavy (non-hydrogen) atoms. The monoisotopic (exact) mass is 630 g/mol. The van der Waals surface area contributed by atoms with Crippen LogP contribution in [0.1, 0.15) is 71.5 Å². The van der Waals surface area contributed by atoms with Gasteiger partial charge in [0.05, 0.1) is 46.3 Å². The van der Waals surface area contributed by atoms with E-state index in [1.54, 1.807) is 59.4 Å². The summed E-state index contributed by atoms with van der Waals surface area (Å²) in [5.41, 5.74) is 3.57. The summed E-state index contributed by atoms with van der Waals surface area (Å²) >= 11 is 0. The predicted octanol–water partition coefficient (Wildman–Crippen LogP) is 7.15. The van der Waals surface area contributed by atoms with Crippen molar-refractivity contribution in [3.63, 3.8) is 0 Å². The van der Waals surface area contributed by atoms with E-state index in [1.165, 1.54) is 0 Å². The van der Waals surface area contributed by atoms with E-state index in [2.05, 4.69) is 45.0 Å². The number of hydrogen-bond donors (Lipinski definition) is 0. The van der Waals surface area contributed by atoms with Crippen molar-refractivity contribution in [3.05, 3.63) is 107 Å². The summed E-state index contributed by atoms with van der Waals surface area (Å²) in [5, 5.41) is 14.6. The van der Waals surface area contributed by atoms with Gasteiger partial charge in [-0.25, -0.2) is 19.5 Å². The summed E-state index contributed by atoms with van der Waals surface area (Å²) in [4.78, 5) is 37.9.